The summed E-state index contributed by atoms with van der Waals surface area (Å²) in [6.07, 6.45) is -3.14. The molecule has 2 N–H and O–H groups in total. The second kappa shape index (κ2) is 7.86. The zero-order chi connectivity index (χ0) is 21.2. The van der Waals surface area contributed by atoms with Gasteiger partial charge >= 0.3 is 6.18 Å². The summed E-state index contributed by atoms with van der Waals surface area (Å²) < 4.78 is 40.8. The number of anilines is 1. The Balaban J connectivity index is 2.02. The molecule has 0 unspecified atom stereocenters. The van der Waals surface area contributed by atoms with E-state index in [-0.39, 0.29) is 28.8 Å². The van der Waals surface area contributed by atoms with Gasteiger partial charge in [0.1, 0.15) is 5.69 Å². The Morgan fingerprint density at radius 1 is 1.14 bits per heavy atom. The number of nitrogens with zero attached hydrogens (tertiary/aromatic N) is 2. The fourth-order valence-electron chi connectivity index (χ4n) is 2.86. The lowest BCUT2D eigenvalue weighted by Crippen LogP contribution is -2.24. The minimum Gasteiger partial charge on any atom is -0.345 e. The number of carbonyl (C=O) groups excluding carboxylic acids is 2. The molecule has 0 fully saturated rings. The van der Waals surface area contributed by atoms with Crippen LogP contribution in [0.5, 0.6) is 0 Å². The van der Waals surface area contributed by atoms with Gasteiger partial charge in [-0.2, -0.15) is 13.2 Å². The summed E-state index contributed by atoms with van der Waals surface area (Å²) in [7, 11) is 0. The molecular formula is C20H17F3N4O2. The Bertz CT molecular complexity index is 1080. The molecule has 3 aromatic rings. The van der Waals surface area contributed by atoms with Crippen molar-refractivity contribution in [2.75, 3.05) is 5.32 Å². The van der Waals surface area contributed by atoms with Crippen LogP contribution in [0.2, 0.25) is 0 Å². The quantitative estimate of drug-likeness (QED) is 0.695. The van der Waals surface area contributed by atoms with Crippen LogP contribution in [0.3, 0.4) is 0 Å². The van der Waals surface area contributed by atoms with Gasteiger partial charge in [0, 0.05) is 24.2 Å². The third-order valence-corrected chi connectivity index (χ3v) is 4.13. The van der Waals surface area contributed by atoms with E-state index in [1.807, 2.05) is 0 Å². The molecule has 0 aliphatic carbocycles. The zero-order valence-corrected chi connectivity index (χ0v) is 15.6. The molecule has 0 saturated carbocycles. The van der Waals surface area contributed by atoms with Gasteiger partial charge in [-0.15, -0.1) is 0 Å². The van der Waals surface area contributed by atoms with Crippen molar-refractivity contribution in [2.45, 2.75) is 26.6 Å². The molecule has 0 aliphatic heterocycles. The van der Waals surface area contributed by atoms with Crippen LogP contribution in [0.1, 0.15) is 34.2 Å². The van der Waals surface area contributed by atoms with Gasteiger partial charge < -0.3 is 10.6 Å². The highest BCUT2D eigenvalue weighted by Gasteiger charge is 2.34. The first kappa shape index (κ1) is 20.2. The molecule has 0 spiro atoms. The SMILES string of the molecule is CC(=O)Nc1cc(C(F)(F)F)c2nc(C(=O)NCc3ccccn3)cc(C)c2c1. The largest absolute Gasteiger partial charge is 0.418 e. The third-order valence-electron chi connectivity index (χ3n) is 4.13. The topological polar surface area (TPSA) is 84.0 Å². The van der Waals surface area contributed by atoms with Crippen LogP contribution >= 0.6 is 0 Å². The maximum Gasteiger partial charge on any atom is 0.418 e. The molecule has 0 atom stereocenters. The molecule has 9 heteroatoms. The van der Waals surface area contributed by atoms with Crippen LogP contribution in [0.25, 0.3) is 10.9 Å². The highest BCUT2D eigenvalue weighted by molar-refractivity contribution is 5.99. The summed E-state index contributed by atoms with van der Waals surface area (Å²) in [6, 6.07) is 8.83. The Labute approximate surface area is 164 Å². The molecule has 2 amide bonds. The van der Waals surface area contributed by atoms with E-state index >= 15 is 0 Å². The molecule has 29 heavy (non-hydrogen) atoms. The monoisotopic (exact) mass is 402 g/mol. The van der Waals surface area contributed by atoms with Crippen molar-refractivity contribution in [1.82, 2.24) is 15.3 Å². The number of amides is 2. The Hall–Kier alpha value is -3.49. The lowest BCUT2D eigenvalue weighted by molar-refractivity contribution is -0.136. The smallest absolute Gasteiger partial charge is 0.345 e. The zero-order valence-electron chi connectivity index (χ0n) is 15.6. The molecular weight excluding hydrogens is 385 g/mol. The highest BCUT2D eigenvalue weighted by atomic mass is 19.4. The minimum absolute atomic E-state index is 0.00887. The number of aryl methyl sites for hydroxylation is 1. The average molecular weight is 402 g/mol. The normalized spacial score (nSPS) is 11.3. The molecule has 150 valence electrons. The first-order chi connectivity index (χ1) is 13.6. The van der Waals surface area contributed by atoms with E-state index in [0.29, 0.717) is 11.3 Å². The number of fused-ring (bicyclic) bond motifs is 1. The van der Waals surface area contributed by atoms with Gasteiger partial charge in [0.15, 0.2) is 0 Å². The van der Waals surface area contributed by atoms with Crippen LogP contribution < -0.4 is 10.6 Å². The summed E-state index contributed by atoms with van der Waals surface area (Å²) >= 11 is 0. The number of halogens is 3. The average Bonchev–Trinajstić information content (AvgIpc) is 2.65. The number of alkyl halides is 3. The Morgan fingerprint density at radius 3 is 2.52 bits per heavy atom. The number of hydrogen-bond donors (Lipinski definition) is 2. The molecule has 0 aliphatic rings. The van der Waals surface area contributed by atoms with Crippen molar-refractivity contribution in [1.29, 1.82) is 0 Å². The minimum atomic E-state index is -4.71. The number of pyridine rings is 2. The van der Waals surface area contributed by atoms with Crippen LogP contribution in [-0.4, -0.2) is 21.8 Å². The van der Waals surface area contributed by atoms with Gasteiger partial charge in [0.05, 0.1) is 23.3 Å². The van der Waals surface area contributed by atoms with Crippen molar-refractivity contribution in [3.05, 3.63) is 65.1 Å². The lowest BCUT2D eigenvalue weighted by Gasteiger charge is -2.15. The number of nitrogens with one attached hydrogen (secondary N) is 2. The molecule has 2 aromatic heterocycles. The van der Waals surface area contributed by atoms with E-state index in [1.54, 1.807) is 31.3 Å². The van der Waals surface area contributed by atoms with Crippen LogP contribution in [-0.2, 0) is 17.5 Å². The van der Waals surface area contributed by atoms with Gasteiger partial charge in [0.25, 0.3) is 5.91 Å². The summed E-state index contributed by atoms with van der Waals surface area (Å²) in [5.41, 5.74) is -0.473. The van der Waals surface area contributed by atoms with E-state index in [0.717, 1.165) is 6.07 Å². The van der Waals surface area contributed by atoms with E-state index in [9.17, 15) is 22.8 Å². The van der Waals surface area contributed by atoms with Gasteiger partial charge in [0.2, 0.25) is 5.91 Å². The van der Waals surface area contributed by atoms with Crippen molar-refractivity contribution in [2.24, 2.45) is 0 Å². The number of carbonyl (C=O) groups is 2. The fourth-order valence-corrected chi connectivity index (χ4v) is 2.86. The van der Waals surface area contributed by atoms with Crippen LogP contribution in [0.15, 0.2) is 42.6 Å². The van der Waals surface area contributed by atoms with E-state index < -0.39 is 23.6 Å². The van der Waals surface area contributed by atoms with Gasteiger partial charge in [-0.25, -0.2) is 4.98 Å². The maximum absolute atomic E-state index is 13.6. The molecule has 2 heterocycles. The van der Waals surface area contributed by atoms with Crippen molar-refractivity contribution in [3.8, 4) is 0 Å². The van der Waals surface area contributed by atoms with Crippen LogP contribution in [0, 0.1) is 6.92 Å². The van der Waals surface area contributed by atoms with Crippen molar-refractivity contribution < 1.29 is 22.8 Å². The lowest BCUT2D eigenvalue weighted by atomic mass is 10.0. The molecule has 0 bridgehead atoms. The second-order valence-corrected chi connectivity index (χ2v) is 6.43. The van der Waals surface area contributed by atoms with Crippen molar-refractivity contribution >= 4 is 28.4 Å². The first-order valence-electron chi connectivity index (χ1n) is 8.63. The number of rotatable bonds is 4. The maximum atomic E-state index is 13.6. The van der Waals surface area contributed by atoms with Crippen LogP contribution in [0.4, 0.5) is 18.9 Å². The first-order valence-corrected chi connectivity index (χ1v) is 8.63. The van der Waals surface area contributed by atoms with E-state index in [1.165, 1.54) is 19.1 Å². The Kier molecular flexibility index (Phi) is 5.49. The van der Waals surface area contributed by atoms with Gasteiger partial charge in [-0.3, -0.25) is 14.6 Å². The van der Waals surface area contributed by atoms with E-state index in [4.69, 9.17) is 0 Å². The molecule has 1 aromatic carbocycles. The standard InChI is InChI=1S/C20H17F3N4O2/c1-11-7-17(19(29)25-10-13-5-3-4-6-24-13)27-18-15(11)8-14(26-12(2)28)9-16(18)20(21,22)23/h3-9H,10H2,1-2H3,(H,25,29)(H,26,28). The van der Waals surface area contributed by atoms with E-state index in [2.05, 4.69) is 20.6 Å². The molecule has 0 radical (unpaired) electrons. The predicted molar refractivity (Wildman–Crippen MR) is 101 cm³/mol. The highest BCUT2D eigenvalue weighted by Crippen LogP contribution is 2.37. The summed E-state index contributed by atoms with van der Waals surface area (Å²) in [5, 5.41) is 5.16. The third kappa shape index (κ3) is 4.68. The fraction of sp³-hybridized carbons (Fsp3) is 0.200. The number of hydrogen-bond acceptors (Lipinski definition) is 4. The summed E-state index contributed by atoms with van der Waals surface area (Å²) in [5.74, 6) is -1.10. The molecule has 3 rings (SSSR count). The summed E-state index contributed by atoms with van der Waals surface area (Å²) in [4.78, 5) is 31.8. The van der Waals surface area contributed by atoms with Gasteiger partial charge in [-0.05, 0) is 42.8 Å². The predicted octanol–water partition coefficient (Wildman–Crippen LogP) is 3.85. The summed E-state index contributed by atoms with van der Waals surface area (Å²) in [6.45, 7) is 2.90. The number of aromatic nitrogens is 2. The number of benzene rings is 1. The van der Waals surface area contributed by atoms with Crippen molar-refractivity contribution in [3.63, 3.8) is 0 Å². The Morgan fingerprint density at radius 2 is 1.90 bits per heavy atom. The molecule has 0 saturated heterocycles. The van der Waals surface area contributed by atoms with Gasteiger partial charge in [-0.1, -0.05) is 6.07 Å². The second-order valence-electron chi connectivity index (χ2n) is 6.43. The molecule has 6 nitrogen and oxygen atoms in total.